The van der Waals surface area contributed by atoms with Gasteiger partial charge in [-0.15, -0.1) is 6.58 Å². The van der Waals surface area contributed by atoms with Gasteiger partial charge in [0.2, 0.25) is 0 Å². The Morgan fingerprint density at radius 1 is 1.47 bits per heavy atom. The Morgan fingerprint density at radius 2 is 2.06 bits per heavy atom. The predicted octanol–water partition coefficient (Wildman–Crippen LogP) is 4.43. The summed E-state index contributed by atoms with van der Waals surface area (Å²) in [5, 5.41) is 9.32. The molecule has 0 spiro atoms. The van der Waals surface area contributed by atoms with E-state index in [4.69, 9.17) is 0 Å². The van der Waals surface area contributed by atoms with E-state index in [-0.39, 0.29) is 11.3 Å². The van der Waals surface area contributed by atoms with Crippen molar-refractivity contribution in [3.05, 3.63) is 24.3 Å². The zero-order chi connectivity index (χ0) is 13.5. The van der Waals surface area contributed by atoms with Crippen molar-refractivity contribution in [2.24, 2.45) is 11.3 Å². The Kier molecular flexibility index (Phi) is 6.86. The van der Waals surface area contributed by atoms with Crippen LogP contribution in [0.1, 0.15) is 53.4 Å². The Labute approximate surface area is 105 Å². The molecule has 2 nitrogen and oxygen atoms in total. The summed E-state index contributed by atoms with van der Waals surface area (Å²) in [5.41, 5.74) is 0.965. The summed E-state index contributed by atoms with van der Waals surface area (Å²) >= 11 is 0. The van der Waals surface area contributed by atoms with E-state index < -0.39 is 5.97 Å². The van der Waals surface area contributed by atoms with E-state index in [1.807, 2.05) is 19.9 Å². The second kappa shape index (κ2) is 7.31. The minimum absolute atomic E-state index is 0.312. The summed E-state index contributed by atoms with van der Waals surface area (Å²) in [5.74, 6) is -1.03. The number of hydrogen-bond donors (Lipinski definition) is 1. The van der Waals surface area contributed by atoms with Crippen LogP contribution in [0, 0.1) is 11.3 Å². The number of carboxylic acid groups (broad SMARTS) is 1. The van der Waals surface area contributed by atoms with Crippen molar-refractivity contribution >= 4 is 5.97 Å². The van der Waals surface area contributed by atoms with Crippen molar-refractivity contribution < 1.29 is 9.90 Å². The fraction of sp³-hybridized carbons (Fsp3) is 0.667. The van der Waals surface area contributed by atoms with Crippen LogP contribution in [0.5, 0.6) is 0 Å². The summed E-state index contributed by atoms with van der Waals surface area (Å²) < 4.78 is 0. The Balaban J connectivity index is 4.77. The third-order valence-corrected chi connectivity index (χ3v) is 3.37. The first-order chi connectivity index (χ1) is 7.87. The highest BCUT2D eigenvalue weighted by Crippen LogP contribution is 2.37. The lowest BCUT2D eigenvalue weighted by molar-refractivity contribution is -0.145. The molecule has 0 aromatic heterocycles. The van der Waals surface area contributed by atoms with E-state index in [0.717, 1.165) is 19.3 Å². The third kappa shape index (κ3) is 5.20. The first kappa shape index (κ1) is 16.0. The molecule has 0 aliphatic rings. The highest BCUT2D eigenvalue weighted by molar-refractivity contribution is 5.71. The normalized spacial score (nSPS) is 15.8. The number of allylic oxidation sites excluding steroid dienone is 3. The van der Waals surface area contributed by atoms with Crippen LogP contribution in [0.25, 0.3) is 0 Å². The van der Waals surface area contributed by atoms with Crippen LogP contribution in [0.15, 0.2) is 24.3 Å². The van der Waals surface area contributed by atoms with Crippen molar-refractivity contribution in [2.75, 3.05) is 0 Å². The molecule has 0 amide bonds. The molecule has 2 atom stereocenters. The van der Waals surface area contributed by atoms with Crippen LogP contribution in [-0.2, 0) is 4.79 Å². The van der Waals surface area contributed by atoms with Crippen LogP contribution >= 0.6 is 0 Å². The van der Waals surface area contributed by atoms with Gasteiger partial charge in [-0.2, -0.15) is 0 Å². The third-order valence-electron chi connectivity index (χ3n) is 3.37. The van der Waals surface area contributed by atoms with Crippen LogP contribution in [-0.4, -0.2) is 11.1 Å². The zero-order valence-corrected chi connectivity index (χ0v) is 11.6. The van der Waals surface area contributed by atoms with Gasteiger partial charge in [0.25, 0.3) is 0 Å². The van der Waals surface area contributed by atoms with Gasteiger partial charge in [-0.25, -0.2) is 0 Å². The minimum atomic E-state index is -0.702. The van der Waals surface area contributed by atoms with Crippen molar-refractivity contribution in [2.45, 2.75) is 53.4 Å². The lowest BCUT2D eigenvalue weighted by atomic mass is 9.72. The lowest BCUT2D eigenvalue weighted by Crippen LogP contribution is -2.31. The summed E-state index contributed by atoms with van der Waals surface area (Å²) in [6.07, 6.45) is 7.35. The van der Waals surface area contributed by atoms with E-state index in [1.165, 1.54) is 5.57 Å². The molecular formula is C15H26O2. The summed E-state index contributed by atoms with van der Waals surface area (Å²) in [4.78, 5) is 11.3. The molecule has 1 N–H and O–H groups in total. The molecule has 0 bridgehead atoms. The topological polar surface area (TPSA) is 37.3 Å². The standard InChI is InChI=1S/C15H26O2/c1-6-9-13(14(16)17)15(5,7-2)11-8-10-12(3)4/h7,10,13H,2,6,8-9,11H2,1,3-5H3,(H,16,17). The van der Waals surface area contributed by atoms with Crippen LogP contribution < -0.4 is 0 Å². The Bertz CT molecular complexity index is 287. The van der Waals surface area contributed by atoms with Gasteiger partial charge in [-0.1, -0.05) is 38.0 Å². The number of hydrogen-bond acceptors (Lipinski definition) is 1. The van der Waals surface area contributed by atoms with Gasteiger partial charge < -0.3 is 5.11 Å². The summed E-state index contributed by atoms with van der Waals surface area (Å²) in [7, 11) is 0. The highest BCUT2D eigenvalue weighted by Gasteiger charge is 2.35. The van der Waals surface area contributed by atoms with Gasteiger partial charge in [0.1, 0.15) is 0 Å². The molecule has 0 heterocycles. The molecule has 0 aliphatic heterocycles. The highest BCUT2D eigenvalue weighted by atomic mass is 16.4. The number of carboxylic acids is 1. The van der Waals surface area contributed by atoms with E-state index in [1.54, 1.807) is 0 Å². The zero-order valence-electron chi connectivity index (χ0n) is 11.6. The first-order valence-corrected chi connectivity index (χ1v) is 6.37. The fourth-order valence-corrected chi connectivity index (χ4v) is 2.11. The van der Waals surface area contributed by atoms with Crippen molar-refractivity contribution in [1.29, 1.82) is 0 Å². The van der Waals surface area contributed by atoms with Crippen molar-refractivity contribution in [3.8, 4) is 0 Å². The van der Waals surface area contributed by atoms with E-state index in [0.29, 0.717) is 6.42 Å². The molecule has 2 heteroatoms. The predicted molar refractivity (Wildman–Crippen MR) is 73.0 cm³/mol. The van der Waals surface area contributed by atoms with E-state index >= 15 is 0 Å². The van der Waals surface area contributed by atoms with Gasteiger partial charge in [0.15, 0.2) is 0 Å². The molecule has 0 aromatic carbocycles. The number of carbonyl (C=O) groups is 1. The molecule has 0 rings (SSSR count). The van der Waals surface area contributed by atoms with Gasteiger partial charge >= 0.3 is 5.97 Å². The van der Waals surface area contributed by atoms with Gasteiger partial charge in [-0.3, -0.25) is 4.79 Å². The average Bonchev–Trinajstić information content (AvgIpc) is 2.24. The maximum absolute atomic E-state index is 11.3. The second-order valence-corrected chi connectivity index (χ2v) is 5.21. The van der Waals surface area contributed by atoms with Gasteiger partial charge in [0.05, 0.1) is 5.92 Å². The smallest absolute Gasteiger partial charge is 0.307 e. The van der Waals surface area contributed by atoms with Gasteiger partial charge in [0, 0.05) is 0 Å². The van der Waals surface area contributed by atoms with Crippen molar-refractivity contribution in [1.82, 2.24) is 0 Å². The van der Waals surface area contributed by atoms with E-state index in [9.17, 15) is 9.90 Å². The number of aliphatic carboxylic acids is 1. The second-order valence-electron chi connectivity index (χ2n) is 5.21. The lowest BCUT2D eigenvalue weighted by Gasteiger charge is -2.32. The van der Waals surface area contributed by atoms with Crippen LogP contribution in [0.2, 0.25) is 0 Å². The van der Waals surface area contributed by atoms with Gasteiger partial charge in [-0.05, 0) is 38.5 Å². The molecule has 0 fully saturated rings. The molecule has 0 aliphatic carbocycles. The molecule has 2 unspecified atom stereocenters. The summed E-state index contributed by atoms with van der Waals surface area (Å²) in [6.45, 7) is 12.0. The minimum Gasteiger partial charge on any atom is -0.481 e. The Hall–Kier alpha value is -1.05. The maximum atomic E-state index is 11.3. The number of rotatable bonds is 8. The molecule has 0 radical (unpaired) electrons. The quantitative estimate of drug-likeness (QED) is 0.635. The molecule has 0 saturated heterocycles. The molecular weight excluding hydrogens is 212 g/mol. The molecule has 17 heavy (non-hydrogen) atoms. The van der Waals surface area contributed by atoms with Crippen molar-refractivity contribution in [3.63, 3.8) is 0 Å². The summed E-state index contributed by atoms with van der Waals surface area (Å²) in [6, 6.07) is 0. The average molecular weight is 238 g/mol. The first-order valence-electron chi connectivity index (χ1n) is 6.37. The molecule has 0 aromatic rings. The van der Waals surface area contributed by atoms with Crippen LogP contribution in [0.3, 0.4) is 0 Å². The molecule has 0 saturated carbocycles. The van der Waals surface area contributed by atoms with E-state index in [2.05, 4.69) is 26.5 Å². The fourth-order valence-electron chi connectivity index (χ4n) is 2.11. The largest absolute Gasteiger partial charge is 0.481 e. The van der Waals surface area contributed by atoms with Crippen LogP contribution in [0.4, 0.5) is 0 Å². The SMILES string of the molecule is C=CC(C)(CCC=C(C)C)C(CCC)C(=O)O. The monoisotopic (exact) mass is 238 g/mol. The Morgan fingerprint density at radius 3 is 2.41 bits per heavy atom. The maximum Gasteiger partial charge on any atom is 0.307 e. The molecule has 98 valence electrons.